The molecule has 0 aliphatic rings. The lowest BCUT2D eigenvalue weighted by atomic mass is 9.92. The maximum Gasteiger partial charge on any atom is 0.227 e. The van der Waals surface area contributed by atoms with Crippen LogP contribution >= 0.6 is 22.9 Å². The van der Waals surface area contributed by atoms with E-state index in [1.165, 1.54) is 0 Å². The van der Waals surface area contributed by atoms with Gasteiger partial charge in [-0.15, -0.1) is 11.3 Å². The van der Waals surface area contributed by atoms with Gasteiger partial charge in [-0.1, -0.05) is 11.6 Å². The summed E-state index contributed by atoms with van der Waals surface area (Å²) in [5.41, 5.74) is -0.502. The molecule has 1 heterocycles. The van der Waals surface area contributed by atoms with E-state index in [9.17, 15) is 4.79 Å². The predicted octanol–water partition coefficient (Wildman–Crippen LogP) is 2.18. The molecule has 0 bridgehead atoms. The van der Waals surface area contributed by atoms with Crippen LogP contribution in [0.5, 0.6) is 0 Å². The Kier molecular flexibility index (Phi) is 6.48. The molecule has 5 nitrogen and oxygen atoms in total. The molecule has 1 aromatic rings. The van der Waals surface area contributed by atoms with Crippen molar-refractivity contribution in [2.24, 2.45) is 10.4 Å². The minimum absolute atomic E-state index is 0.00172. The van der Waals surface area contributed by atoms with Crippen molar-refractivity contribution in [3.05, 3.63) is 21.3 Å². The molecule has 1 aromatic heterocycles. The van der Waals surface area contributed by atoms with Crippen molar-refractivity contribution in [1.82, 2.24) is 15.5 Å². The van der Waals surface area contributed by atoms with Gasteiger partial charge in [0, 0.05) is 32.6 Å². The first-order valence-corrected chi connectivity index (χ1v) is 7.88. The van der Waals surface area contributed by atoms with E-state index in [4.69, 9.17) is 11.6 Å². The van der Waals surface area contributed by atoms with E-state index in [0.717, 1.165) is 21.7 Å². The number of rotatable bonds is 5. The number of hydrogen-bond donors (Lipinski definition) is 2. The van der Waals surface area contributed by atoms with Crippen molar-refractivity contribution in [3.8, 4) is 0 Å². The molecule has 0 fully saturated rings. The van der Waals surface area contributed by atoms with Crippen molar-refractivity contribution in [2.75, 3.05) is 27.7 Å². The second-order valence-corrected chi connectivity index (χ2v) is 7.23. The minimum atomic E-state index is -0.502. The average molecular weight is 331 g/mol. The quantitative estimate of drug-likeness (QED) is 0.642. The molecular weight excluding hydrogens is 308 g/mol. The van der Waals surface area contributed by atoms with Crippen LogP contribution in [-0.2, 0) is 11.3 Å². The highest BCUT2D eigenvalue weighted by Gasteiger charge is 2.27. The van der Waals surface area contributed by atoms with Gasteiger partial charge >= 0.3 is 0 Å². The number of nitrogens with one attached hydrogen (secondary N) is 2. The number of thiophene rings is 1. The summed E-state index contributed by atoms with van der Waals surface area (Å²) in [7, 11) is 5.33. The monoisotopic (exact) mass is 330 g/mol. The third kappa shape index (κ3) is 5.21. The molecule has 0 saturated heterocycles. The Morgan fingerprint density at radius 1 is 1.48 bits per heavy atom. The lowest BCUT2D eigenvalue weighted by Gasteiger charge is -2.27. The maximum absolute atomic E-state index is 11.8. The fourth-order valence-electron chi connectivity index (χ4n) is 1.85. The Bertz CT molecular complexity index is 513. The highest BCUT2D eigenvalue weighted by atomic mass is 35.5. The molecule has 7 heteroatoms. The van der Waals surface area contributed by atoms with E-state index in [0.29, 0.717) is 6.54 Å². The van der Waals surface area contributed by atoms with Gasteiger partial charge in [0.05, 0.1) is 16.3 Å². The zero-order valence-corrected chi connectivity index (χ0v) is 14.7. The molecule has 2 N–H and O–H groups in total. The van der Waals surface area contributed by atoms with Crippen LogP contribution in [0, 0.1) is 5.41 Å². The second kappa shape index (κ2) is 7.66. The van der Waals surface area contributed by atoms with E-state index in [1.54, 1.807) is 25.4 Å². The summed E-state index contributed by atoms with van der Waals surface area (Å²) >= 11 is 7.49. The third-order valence-electron chi connectivity index (χ3n) is 3.13. The summed E-state index contributed by atoms with van der Waals surface area (Å²) in [5, 5.41) is 5.91. The minimum Gasteiger partial charge on any atom is -0.359 e. The average Bonchev–Trinajstić information content (AvgIpc) is 2.83. The summed E-state index contributed by atoms with van der Waals surface area (Å²) in [6.07, 6.45) is 0. The molecule has 1 amide bonds. The topological polar surface area (TPSA) is 56.7 Å². The van der Waals surface area contributed by atoms with Crippen LogP contribution in [-0.4, -0.2) is 44.5 Å². The van der Waals surface area contributed by atoms with E-state index >= 15 is 0 Å². The Labute approximate surface area is 135 Å². The molecule has 0 spiro atoms. The lowest BCUT2D eigenvalue weighted by molar-refractivity contribution is -0.128. The van der Waals surface area contributed by atoms with Crippen LogP contribution in [0.4, 0.5) is 0 Å². The van der Waals surface area contributed by atoms with Crippen LogP contribution in [0.25, 0.3) is 0 Å². The molecule has 118 valence electrons. The fraction of sp³-hybridized carbons (Fsp3) is 0.571. The molecule has 0 aromatic carbocycles. The largest absolute Gasteiger partial charge is 0.359 e. The first kappa shape index (κ1) is 17.8. The fourth-order valence-corrected chi connectivity index (χ4v) is 2.99. The number of carbonyl (C=O) groups excluding carboxylic acids is 1. The Hall–Kier alpha value is -1.27. The van der Waals surface area contributed by atoms with Gasteiger partial charge in [-0.05, 0) is 26.0 Å². The number of amides is 1. The smallest absolute Gasteiger partial charge is 0.227 e. The summed E-state index contributed by atoms with van der Waals surface area (Å²) in [6.45, 7) is 5.02. The first-order chi connectivity index (χ1) is 9.80. The SMILES string of the molecule is CN=C(NCC(C)(C)C(=O)NC)N(C)Cc1ccc(Cl)s1. The van der Waals surface area contributed by atoms with Crippen molar-refractivity contribution in [2.45, 2.75) is 20.4 Å². The highest BCUT2D eigenvalue weighted by molar-refractivity contribution is 7.16. The maximum atomic E-state index is 11.8. The number of nitrogens with zero attached hydrogens (tertiary/aromatic N) is 2. The van der Waals surface area contributed by atoms with Crippen molar-refractivity contribution in [3.63, 3.8) is 0 Å². The van der Waals surface area contributed by atoms with E-state index in [1.807, 2.05) is 37.9 Å². The molecule has 0 radical (unpaired) electrons. The normalized spacial score (nSPS) is 12.2. The summed E-state index contributed by atoms with van der Waals surface area (Å²) in [4.78, 5) is 19.2. The zero-order valence-electron chi connectivity index (χ0n) is 13.2. The number of guanidine groups is 1. The third-order valence-corrected chi connectivity index (χ3v) is 4.34. The number of hydrogen-bond acceptors (Lipinski definition) is 3. The van der Waals surface area contributed by atoms with Gasteiger partial charge in [0.15, 0.2) is 5.96 Å². The van der Waals surface area contributed by atoms with E-state index < -0.39 is 5.41 Å². The predicted molar refractivity (Wildman–Crippen MR) is 90.0 cm³/mol. The van der Waals surface area contributed by atoms with Crippen LogP contribution in [0.1, 0.15) is 18.7 Å². The Balaban J connectivity index is 2.61. The van der Waals surface area contributed by atoms with Crippen LogP contribution in [0.15, 0.2) is 17.1 Å². The molecule has 0 unspecified atom stereocenters. The molecule has 21 heavy (non-hydrogen) atoms. The first-order valence-electron chi connectivity index (χ1n) is 6.68. The van der Waals surface area contributed by atoms with Gasteiger partial charge < -0.3 is 15.5 Å². The van der Waals surface area contributed by atoms with Gasteiger partial charge in [-0.2, -0.15) is 0 Å². The van der Waals surface area contributed by atoms with Crippen molar-refractivity contribution < 1.29 is 4.79 Å². The lowest BCUT2D eigenvalue weighted by Crippen LogP contribution is -2.47. The molecule has 0 atom stereocenters. The summed E-state index contributed by atoms with van der Waals surface area (Å²) < 4.78 is 0.780. The summed E-state index contributed by atoms with van der Waals surface area (Å²) in [5.74, 6) is 0.745. The van der Waals surface area contributed by atoms with Gasteiger partial charge in [-0.3, -0.25) is 9.79 Å². The zero-order chi connectivity index (χ0) is 16.0. The van der Waals surface area contributed by atoms with Gasteiger partial charge in [-0.25, -0.2) is 0 Å². The van der Waals surface area contributed by atoms with E-state index in [2.05, 4.69) is 15.6 Å². The second-order valence-electron chi connectivity index (χ2n) is 5.43. The number of carbonyl (C=O) groups is 1. The van der Waals surface area contributed by atoms with Crippen LogP contribution in [0.3, 0.4) is 0 Å². The molecular formula is C14H23ClN4OS. The summed E-state index contributed by atoms with van der Waals surface area (Å²) in [6, 6.07) is 3.89. The van der Waals surface area contributed by atoms with Crippen LogP contribution in [0.2, 0.25) is 4.34 Å². The van der Waals surface area contributed by atoms with Crippen molar-refractivity contribution >= 4 is 34.8 Å². The molecule has 0 aliphatic carbocycles. The molecule has 0 aliphatic heterocycles. The van der Waals surface area contributed by atoms with Crippen molar-refractivity contribution in [1.29, 1.82) is 0 Å². The molecule has 0 saturated carbocycles. The Morgan fingerprint density at radius 2 is 2.14 bits per heavy atom. The highest BCUT2D eigenvalue weighted by Crippen LogP contribution is 2.22. The number of halogens is 1. The van der Waals surface area contributed by atoms with Gasteiger partial charge in [0.25, 0.3) is 0 Å². The van der Waals surface area contributed by atoms with E-state index in [-0.39, 0.29) is 5.91 Å². The standard InChI is InChI=1S/C14H23ClN4OS/c1-14(2,12(20)16-3)9-18-13(17-4)19(5)8-10-6-7-11(15)21-10/h6-7H,8-9H2,1-5H3,(H,16,20)(H,17,18). The van der Waals surface area contributed by atoms with Gasteiger partial charge in [0.2, 0.25) is 5.91 Å². The van der Waals surface area contributed by atoms with Crippen LogP contribution < -0.4 is 10.6 Å². The Morgan fingerprint density at radius 3 is 2.62 bits per heavy atom. The molecule has 1 rings (SSSR count). The van der Waals surface area contributed by atoms with Gasteiger partial charge in [0.1, 0.15) is 0 Å². The number of aliphatic imine (C=N–C) groups is 1.